The number of nitrogens with one attached hydrogen (secondary N) is 1. The van der Waals surface area contributed by atoms with Crippen molar-refractivity contribution in [3.8, 4) is 0 Å². The Morgan fingerprint density at radius 3 is 2.42 bits per heavy atom. The summed E-state index contributed by atoms with van der Waals surface area (Å²) in [6.07, 6.45) is 1.74. The van der Waals surface area contributed by atoms with Gasteiger partial charge in [-0.15, -0.1) is 0 Å². The van der Waals surface area contributed by atoms with Gasteiger partial charge in [0.2, 0.25) is 0 Å². The van der Waals surface area contributed by atoms with Crippen LogP contribution in [-0.2, 0) is 18.4 Å². The van der Waals surface area contributed by atoms with Gasteiger partial charge in [0, 0.05) is 19.8 Å². The predicted molar refractivity (Wildman–Crippen MR) is 72.8 cm³/mol. The first-order valence-corrected chi connectivity index (χ1v) is 6.07. The minimum Gasteiger partial charge on any atom is -0.348 e. The topological polar surface area (TPSA) is 51.1 Å². The molecule has 0 radical (unpaired) electrons. The standard InChI is InChI=1S/C15H16N2O2/c1-11-5-7-12(8-6-11)10-16-15(19)14(18)13-4-3-9-17(13)2/h3-9H,10H2,1-2H3,(H,16,19). The first-order valence-electron chi connectivity index (χ1n) is 6.07. The molecule has 4 nitrogen and oxygen atoms in total. The van der Waals surface area contributed by atoms with E-state index in [1.54, 1.807) is 29.9 Å². The molecule has 0 aliphatic heterocycles. The van der Waals surface area contributed by atoms with Crippen molar-refractivity contribution in [2.75, 3.05) is 0 Å². The molecule has 0 unspecified atom stereocenters. The predicted octanol–water partition coefficient (Wildman–Crippen LogP) is 1.83. The quantitative estimate of drug-likeness (QED) is 0.670. The van der Waals surface area contributed by atoms with Crippen LogP contribution in [0.25, 0.3) is 0 Å². The third-order valence-electron chi connectivity index (χ3n) is 2.96. The van der Waals surface area contributed by atoms with Crippen LogP contribution in [0.2, 0.25) is 0 Å². The van der Waals surface area contributed by atoms with Gasteiger partial charge >= 0.3 is 0 Å². The highest BCUT2D eigenvalue weighted by atomic mass is 16.2. The Labute approximate surface area is 112 Å². The minimum atomic E-state index is -0.581. The maximum atomic E-state index is 11.9. The largest absolute Gasteiger partial charge is 0.348 e. The number of aromatic nitrogens is 1. The highest BCUT2D eigenvalue weighted by Gasteiger charge is 2.17. The van der Waals surface area contributed by atoms with Crippen LogP contribution in [-0.4, -0.2) is 16.3 Å². The van der Waals surface area contributed by atoms with Crippen LogP contribution in [0.3, 0.4) is 0 Å². The fraction of sp³-hybridized carbons (Fsp3) is 0.200. The Morgan fingerprint density at radius 1 is 1.16 bits per heavy atom. The smallest absolute Gasteiger partial charge is 0.294 e. The Balaban J connectivity index is 1.96. The highest BCUT2D eigenvalue weighted by Crippen LogP contribution is 2.04. The number of rotatable bonds is 4. The summed E-state index contributed by atoms with van der Waals surface area (Å²) in [6, 6.07) is 11.2. The van der Waals surface area contributed by atoms with Gasteiger partial charge in [0.25, 0.3) is 11.7 Å². The number of aryl methyl sites for hydroxylation is 2. The highest BCUT2D eigenvalue weighted by molar-refractivity contribution is 6.42. The molecule has 1 amide bonds. The van der Waals surface area contributed by atoms with Crippen LogP contribution in [0.4, 0.5) is 0 Å². The molecule has 0 saturated heterocycles. The summed E-state index contributed by atoms with van der Waals surface area (Å²) >= 11 is 0. The lowest BCUT2D eigenvalue weighted by atomic mass is 10.1. The van der Waals surface area contributed by atoms with E-state index in [2.05, 4.69) is 5.32 Å². The Kier molecular flexibility index (Phi) is 3.80. The molecule has 2 rings (SSSR count). The van der Waals surface area contributed by atoms with Gasteiger partial charge in [-0.25, -0.2) is 0 Å². The molecule has 2 aromatic rings. The van der Waals surface area contributed by atoms with E-state index in [1.807, 2.05) is 31.2 Å². The number of Topliss-reactive ketones (excluding diaryl/α,β-unsaturated/α-hetero) is 1. The average Bonchev–Trinajstić information content (AvgIpc) is 2.83. The van der Waals surface area contributed by atoms with Crippen molar-refractivity contribution in [2.24, 2.45) is 7.05 Å². The number of carbonyl (C=O) groups excluding carboxylic acids is 2. The van der Waals surface area contributed by atoms with Crippen LogP contribution in [0, 0.1) is 6.92 Å². The zero-order valence-electron chi connectivity index (χ0n) is 11.0. The molecule has 0 saturated carbocycles. The van der Waals surface area contributed by atoms with Gasteiger partial charge < -0.3 is 9.88 Å². The maximum absolute atomic E-state index is 11.9. The molecule has 0 bridgehead atoms. The van der Waals surface area contributed by atoms with E-state index in [4.69, 9.17) is 0 Å². The van der Waals surface area contributed by atoms with E-state index >= 15 is 0 Å². The van der Waals surface area contributed by atoms with Gasteiger partial charge in [-0.3, -0.25) is 9.59 Å². The van der Waals surface area contributed by atoms with Crippen molar-refractivity contribution >= 4 is 11.7 Å². The zero-order chi connectivity index (χ0) is 13.8. The first-order chi connectivity index (χ1) is 9.08. The van der Waals surface area contributed by atoms with Gasteiger partial charge in [0.05, 0.1) is 5.69 Å². The number of amides is 1. The molecule has 0 spiro atoms. The average molecular weight is 256 g/mol. The van der Waals surface area contributed by atoms with E-state index in [-0.39, 0.29) is 0 Å². The summed E-state index contributed by atoms with van der Waals surface area (Å²) in [5, 5.41) is 2.63. The van der Waals surface area contributed by atoms with E-state index in [1.165, 1.54) is 0 Å². The molecule has 19 heavy (non-hydrogen) atoms. The second-order valence-corrected chi connectivity index (χ2v) is 4.50. The third kappa shape index (κ3) is 3.10. The van der Waals surface area contributed by atoms with Crippen LogP contribution in [0.1, 0.15) is 21.6 Å². The molecular formula is C15H16N2O2. The molecule has 0 fully saturated rings. The lowest BCUT2D eigenvalue weighted by molar-refractivity contribution is -0.117. The van der Waals surface area contributed by atoms with Crippen LogP contribution >= 0.6 is 0 Å². The summed E-state index contributed by atoms with van der Waals surface area (Å²) in [6.45, 7) is 2.36. The second-order valence-electron chi connectivity index (χ2n) is 4.50. The van der Waals surface area contributed by atoms with E-state index in [0.717, 1.165) is 11.1 Å². The zero-order valence-corrected chi connectivity index (χ0v) is 11.0. The molecule has 0 aliphatic rings. The second kappa shape index (κ2) is 5.52. The van der Waals surface area contributed by atoms with Crippen molar-refractivity contribution < 1.29 is 9.59 Å². The number of hydrogen-bond acceptors (Lipinski definition) is 2. The normalized spacial score (nSPS) is 10.2. The summed E-state index contributed by atoms with van der Waals surface area (Å²) < 4.78 is 1.63. The number of nitrogens with zero attached hydrogens (tertiary/aromatic N) is 1. The molecule has 1 aromatic heterocycles. The minimum absolute atomic E-state index is 0.356. The van der Waals surface area contributed by atoms with Gasteiger partial charge in [0.1, 0.15) is 0 Å². The summed E-state index contributed by atoms with van der Waals surface area (Å²) in [5.41, 5.74) is 2.52. The van der Waals surface area contributed by atoms with Crippen LogP contribution in [0.5, 0.6) is 0 Å². The fourth-order valence-corrected chi connectivity index (χ4v) is 1.78. The lowest BCUT2D eigenvalue weighted by Crippen LogP contribution is -2.31. The molecule has 1 N–H and O–H groups in total. The van der Waals surface area contributed by atoms with Crippen molar-refractivity contribution in [3.05, 3.63) is 59.4 Å². The van der Waals surface area contributed by atoms with E-state index in [0.29, 0.717) is 12.2 Å². The number of hydrogen-bond donors (Lipinski definition) is 1. The third-order valence-corrected chi connectivity index (χ3v) is 2.96. The number of benzene rings is 1. The van der Waals surface area contributed by atoms with Gasteiger partial charge in [0.15, 0.2) is 0 Å². The molecule has 98 valence electrons. The Hall–Kier alpha value is -2.36. The molecule has 1 heterocycles. The van der Waals surface area contributed by atoms with Crippen molar-refractivity contribution in [1.82, 2.24) is 9.88 Å². The molecule has 4 heteroatoms. The number of carbonyl (C=O) groups is 2. The Morgan fingerprint density at radius 2 is 1.84 bits per heavy atom. The summed E-state index contributed by atoms with van der Waals surface area (Å²) in [5.74, 6) is -1.10. The van der Waals surface area contributed by atoms with Crippen LogP contribution in [0.15, 0.2) is 42.6 Å². The summed E-state index contributed by atoms with van der Waals surface area (Å²) in [4.78, 5) is 23.6. The van der Waals surface area contributed by atoms with Crippen molar-refractivity contribution in [3.63, 3.8) is 0 Å². The molecule has 0 atom stereocenters. The molecule has 0 aliphatic carbocycles. The van der Waals surface area contributed by atoms with Crippen LogP contribution < -0.4 is 5.32 Å². The van der Waals surface area contributed by atoms with Gasteiger partial charge in [-0.1, -0.05) is 29.8 Å². The van der Waals surface area contributed by atoms with Gasteiger partial charge in [-0.05, 0) is 24.6 Å². The van der Waals surface area contributed by atoms with E-state index < -0.39 is 11.7 Å². The van der Waals surface area contributed by atoms with Gasteiger partial charge in [-0.2, -0.15) is 0 Å². The SMILES string of the molecule is Cc1ccc(CNC(=O)C(=O)c2cccn2C)cc1. The van der Waals surface area contributed by atoms with Crippen molar-refractivity contribution in [2.45, 2.75) is 13.5 Å². The summed E-state index contributed by atoms with van der Waals surface area (Å²) in [7, 11) is 1.74. The fourth-order valence-electron chi connectivity index (χ4n) is 1.78. The first kappa shape index (κ1) is 13.1. The lowest BCUT2D eigenvalue weighted by Gasteiger charge is -2.05. The monoisotopic (exact) mass is 256 g/mol. The number of ketones is 1. The molecular weight excluding hydrogens is 240 g/mol. The Bertz CT molecular complexity index is 597. The maximum Gasteiger partial charge on any atom is 0.294 e. The van der Waals surface area contributed by atoms with Crippen molar-refractivity contribution in [1.29, 1.82) is 0 Å². The van der Waals surface area contributed by atoms with E-state index in [9.17, 15) is 9.59 Å². The molecule has 1 aromatic carbocycles.